The smallest absolute Gasteiger partial charge is 0.334 e. The molecule has 0 fully saturated rings. The molecule has 114 valence electrons. The lowest BCUT2D eigenvalue weighted by Crippen LogP contribution is -2.08. The van der Waals surface area contributed by atoms with Crippen LogP contribution in [0.15, 0.2) is 0 Å². The number of nitro groups is 1. The van der Waals surface area contributed by atoms with Crippen LogP contribution in [0.2, 0.25) is 0 Å². The molecule has 0 saturated heterocycles. The molecule has 0 unspecified atom stereocenters. The van der Waals surface area contributed by atoms with Crippen LogP contribution in [-0.4, -0.2) is 33.0 Å². The van der Waals surface area contributed by atoms with Crippen LogP contribution in [0.25, 0.3) is 0 Å². The van der Waals surface area contributed by atoms with E-state index in [0.29, 0.717) is 18.1 Å². The summed E-state index contributed by atoms with van der Waals surface area (Å²) in [5.41, 5.74) is 0.595. The second kappa shape index (κ2) is 7.84. The Labute approximate surface area is 119 Å². The van der Waals surface area contributed by atoms with Gasteiger partial charge in [0.05, 0.1) is 4.92 Å². The maximum Gasteiger partial charge on any atom is 0.334 e. The lowest BCUT2D eigenvalue weighted by Gasteiger charge is -2.06. The molecule has 1 heterocycles. The van der Waals surface area contributed by atoms with Gasteiger partial charge >= 0.3 is 5.69 Å². The van der Waals surface area contributed by atoms with Crippen molar-refractivity contribution >= 4 is 11.5 Å². The average Bonchev–Trinajstić information content (AvgIpc) is 2.71. The SMILES string of the molecule is CC(C)c1nn(C)c(NCCCCCCO)c1[N+](=O)[O-]. The molecular weight excluding hydrogens is 260 g/mol. The van der Waals surface area contributed by atoms with E-state index in [1.807, 2.05) is 13.8 Å². The van der Waals surface area contributed by atoms with E-state index >= 15 is 0 Å². The Morgan fingerprint density at radius 1 is 1.35 bits per heavy atom. The fourth-order valence-corrected chi connectivity index (χ4v) is 2.10. The van der Waals surface area contributed by atoms with Crippen molar-refractivity contribution < 1.29 is 10.0 Å². The van der Waals surface area contributed by atoms with Crippen LogP contribution >= 0.6 is 0 Å². The Morgan fingerprint density at radius 2 is 2.00 bits per heavy atom. The molecule has 1 aromatic rings. The van der Waals surface area contributed by atoms with Gasteiger partial charge in [0, 0.05) is 26.1 Å². The molecule has 0 aliphatic rings. The molecule has 0 aliphatic heterocycles. The molecule has 0 spiro atoms. The zero-order chi connectivity index (χ0) is 15.1. The first-order chi connectivity index (χ1) is 9.49. The molecule has 0 amide bonds. The van der Waals surface area contributed by atoms with E-state index in [9.17, 15) is 10.1 Å². The summed E-state index contributed by atoms with van der Waals surface area (Å²) in [6.07, 6.45) is 3.70. The number of unbranched alkanes of at least 4 members (excludes halogenated alkanes) is 3. The van der Waals surface area contributed by atoms with Crippen molar-refractivity contribution in [2.24, 2.45) is 7.05 Å². The van der Waals surface area contributed by atoms with Crippen molar-refractivity contribution in [2.45, 2.75) is 45.4 Å². The Kier molecular flexibility index (Phi) is 6.44. The highest BCUT2D eigenvalue weighted by atomic mass is 16.6. The summed E-state index contributed by atoms with van der Waals surface area (Å²) < 4.78 is 1.54. The van der Waals surface area contributed by atoms with E-state index in [1.165, 1.54) is 0 Å². The van der Waals surface area contributed by atoms with Crippen LogP contribution in [0.3, 0.4) is 0 Å². The Morgan fingerprint density at radius 3 is 2.55 bits per heavy atom. The minimum absolute atomic E-state index is 0.0155. The Balaban J connectivity index is 2.67. The van der Waals surface area contributed by atoms with Crippen molar-refractivity contribution in [1.29, 1.82) is 0 Å². The molecule has 7 heteroatoms. The topological polar surface area (TPSA) is 93.2 Å². The largest absolute Gasteiger partial charge is 0.396 e. The first-order valence-electron chi connectivity index (χ1n) is 7.05. The third kappa shape index (κ3) is 4.19. The van der Waals surface area contributed by atoms with E-state index in [-0.39, 0.29) is 23.1 Å². The number of nitrogens with zero attached hydrogens (tertiary/aromatic N) is 3. The van der Waals surface area contributed by atoms with E-state index in [0.717, 1.165) is 25.7 Å². The summed E-state index contributed by atoms with van der Waals surface area (Å²) in [5, 5.41) is 27.3. The van der Waals surface area contributed by atoms with Gasteiger partial charge in [0.25, 0.3) is 0 Å². The molecule has 0 aliphatic carbocycles. The van der Waals surface area contributed by atoms with Gasteiger partial charge in [-0.2, -0.15) is 5.10 Å². The van der Waals surface area contributed by atoms with Gasteiger partial charge in [-0.15, -0.1) is 0 Å². The van der Waals surface area contributed by atoms with Gasteiger partial charge in [-0.05, 0) is 12.8 Å². The number of aromatic nitrogens is 2. The maximum atomic E-state index is 11.2. The van der Waals surface area contributed by atoms with Crippen molar-refractivity contribution in [3.05, 3.63) is 15.8 Å². The fraction of sp³-hybridized carbons (Fsp3) is 0.769. The third-order valence-corrected chi connectivity index (χ3v) is 3.16. The van der Waals surface area contributed by atoms with Gasteiger partial charge in [-0.3, -0.25) is 10.1 Å². The van der Waals surface area contributed by atoms with Gasteiger partial charge < -0.3 is 10.4 Å². The molecule has 0 saturated carbocycles. The summed E-state index contributed by atoms with van der Waals surface area (Å²) in [5.74, 6) is 0.488. The van der Waals surface area contributed by atoms with Gasteiger partial charge in [-0.1, -0.05) is 26.7 Å². The third-order valence-electron chi connectivity index (χ3n) is 3.16. The lowest BCUT2D eigenvalue weighted by molar-refractivity contribution is -0.384. The van der Waals surface area contributed by atoms with E-state index in [2.05, 4.69) is 10.4 Å². The van der Waals surface area contributed by atoms with Crippen molar-refractivity contribution in [2.75, 3.05) is 18.5 Å². The van der Waals surface area contributed by atoms with Crippen molar-refractivity contribution in [3.63, 3.8) is 0 Å². The molecule has 0 bridgehead atoms. The second-order valence-corrected chi connectivity index (χ2v) is 5.18. The van der Waals surface area contributed by atoms with Crippen LogP contribution in [0, 0.1) is 10.1 Å². The second-order valence-electron chi connectivity index (χ2n) is 5.18. The first-order valence-corrected chi connectivity index (χ1v) is 7.05. The minimum atomic E-state index is -0.365. The predicted octanol–water partition coefficient (Wildman–Crippen LogP) is 2.42. The monoisotopic (exact) mass is 284 g/mol. The van der Waals surface area contributed by atoms with Crippen LogP contribution in [0.4, 0.5) is 11.5 Å². The molecular formula is C13H24N4O3. The quantitative estimate of drug-likeness (QED) is 0.412. The molecule has 20 heavy (non-hydrogen) atoms. The van der Waals surface area contributed by atoms with Crippen LogP contribution in [-0.2, 0) is 7.05 Å². The highest BCUT2D eigenvalue weighted by molar-refractivity contribution is 5.60. The fourth-order valence-electron chi connectivity index (χ4n) is 2.10. The number of anilines is 1. The van der Waals surface area contributed by atoms with Gasteiger partial charge in [0.15, 0.2) is 0 Å². The lowest BCUT2D eigenvalue weighted by atomic mass is 10.1. The Bertz CT molecular complexity index is 443. The van der Waals surface area contributed by atoms with Gasteiger partial charge in [0.1, 0.15) is 5.69 Å². The van der Waals surface area contributed by atoms with Crippen LogP contribution < -0.4 is 5.32 Å². The molecule has 2 N–H and O–H groups in total. The van der Waals surface area contributed by atoms with E-state index in [1.54, 1.807) is 11.7 Å². The van der Waals surface area contributed by atoms with Gasteiger partial charge in [-0.25, -0.2) is 4.68 Å². The molecule has 7 nitrogen and oxygen atoms in total. The number of hydrogen-bond donors (Lipinski definition) is 2. The maximum absolute atomic E-state index is 11.2. The Hall–Kier alpha value is -1.63. The van der Waals surface area contributed by atoms with Crippen molar-refractivity contribution in [3.8, 4) is 0 Å². The molecule has 1 rings (SSSR count). The zero-order valence-electron chi connectivity index (χ0n) is 12.4. The number of rotatable bonds is 9. The molecule has 1 aromatic heterocycles. The normalized spacial score (nSPS) is 11.1. The average molecular weight is 284 g/mol. The number of aryl methyl sites for hydroxylation is 1. The van der Waals surface area contributed by atoms with Crippen LogP contribution in [0.5, 0.6) is 0 Å². The summed E-state index contributed by atoms with van der Waals surface area (Å²) in [6, 6.07) is 0. The molecule has 0 aromatic carbocycles. The summed E-state index contributed by atoms with van der Waals surface area (Å²) in [4.78, 5) is 10.9. The highest BCUT2D eigenvalue weighted by Gasteiger charge is 2.27. The predicted molar refractivity (Wildman–Crippen MR) is 78.0 cm³/mol. The molecule has 0 radical (unpaired) electrons. The summed E-state index contributed by atoms with van der Waals surface area (Å²) >= 11 is 0. The van der Waals surface area contributed by atoms with Gasteiger partial charge in [0.2, 0.25) is 5.82 Å². The van der Waals surface area contributed by atoms with Crippen LogP contribution in [0.1, 0.15) is 51.1 Å². The number of nitrogens with one attached hydrogen (secondary N) is 1. The summed E-state index contributed by atoms with van der Waals surface area (Å²) in [7, 11) is 1.72. The summed E-state index contributed by atoms with van der Waals surface area (Å²) in [6.45, 7) is 4.68. The van der Waals surface area contributed by atoms with Crippen molar-refractivity contribution in [1.82, 2.24) is 9.78 Å². The number of aliphatic hydroxyl groups excluding tert-OH is 1. The number of hydrogen-bond acceptors (Lipinski definition) is 5. The highest BCUT2D eigenvalue weighted by Crippen LogP contribution is 2.32. The zero-order valence-corrected chi connectivity index (χ0v) is 12.4. The van der Waals surface area contributed by atoms with E-state index in [4.69, 9.17) is 5.11 Å². The first kappa shape index (κ1) is 16.4. The minimum Gasteiger partial charge on any atom is -0.396 e. The number of aliphatic hydroxyl groups is 1. The van der Waals surface area contributed by atoms with E-state index < -0.39 is 0 Å². The molecule has 0 atom stereocenters. The standard InChI is InChI=1S/C13H24N4O3/c1-10(2)11-12(17(19)20)13(16(3)15-11)14-8-6-4-5-7-9-18/h10,14,18H,4-9H2,1-3H3.